The lowest BCUT2D eigenvalue weighted by atomic mass is 9.88. The van der Waals surface area contributed by atoms with Gasteiger partial charge in [-0.2, -0.15) is 0 Å². The van der Waals surface area contributed by atoms with Gasteiger partial charge in [0.05, 0.1) is 28.3 Å². The molecule has 9 rings (SSSR count). The first-order valence-electron chi connectivity index (χ1n) is 15.0. The van der Waals surface area contributed by atoms with E-state index in [0.29, 0.717) is 5.92 Å². The molecule has 204 valence electrons. The molecule has 43 heavy (non-hydrogen) atoms. The number of aromatic nitrogens is 3. The summed E-state index contributed by atoms with van der Waals surface area (Å²) >= 11 is 0. The van der Waals surface area contributed by atoms with Gasteiger partial charge in [0, 0.05) is 50.2 Å². The van der Waals surface area contributed by atoms with Crippen molar-refractivity contribution in [3.63, 3.8) is 0 Å². The van der Waals surface area contributed by atoms with Crippen LogP contribution in [0.4, 0.5) is 0 Å². The number of hydrogen-bond acceptors (Lipinski definition) is 1. The third kappa shape index (κ3) is 3.52. The van der Waals surface area contributed by atoms with Gasteiger partial charge in [-0.05, 0) is 59.9 Å². The van der Waals surface area contributed by atoms with Gasteiger partial charge in [0.2, 0.25) is 0 Å². The highest BCUT2D eigenvalue weighted by atomic mass is 15.0. The summed E-state index contributed by atoms with van der Waals surface area (Å²) in [4.78, 5) is 4.54. The van der Waals surface area contributed by atoms with Crippen LogP contribution in [0.15, 0.2) is 134 Å². The molecule has 1 atom stereocenters. The Kier molecular flexibility index (Phi) is 5.24. The molecule has 0 amide bonds. The van der Waals surface area contributed by atoms with E-state index in [0.717, 1.165) is 17.6 Å². The Balaban J connectivity index is 1.42. The van der Waals surface area contributed by atoms with Crippen molar-refractivity contribution < 1.29 is 0 Å². The second-order valence-corrected chi connectivity index (χ2v) is 11.7. The molecular formula is C40H29N3. The molecule has 1 unspecified atom stereocenters. The van der Waals surface area contributed by atoms with E-state index in [4.69, 9.17) is 0 Å². The first-order valence-corrected chi connectivity index (χ1v) is 15.0. The fraction of sp³-hybridized carbons (Fsp3) is 0.0750. The van der Waals surface area contributed by atoms with Crippen molar-refractivity contribution in [1.82, 2.24) is 14.1 Å². The van der Waals surface area contributed by atoms with Crippen LogP contribution in [-0.2, 0) is 0 Å². The molecule has 3 nitrogen and oxygen atoms in total. The van der Waals surface area contributed by atoms with Crippen molar-refractivity contribution in [2.45, 2.75) is 19.3 Å². The third-order valence-corrected chi connectivity index (χ3v) is 9.24. The largest absolute Gasteiger partial charge is 0.309 e. The number of fused-ring (bicyclic) bond motifs is 7. The van der Waals surface area contributed by atoms with Crippen molar-refractivity contribution >= 4 is 49.7 Å². The maximum atomic E-state index is 4.54. The monoisotopic (exact) mass is 551 g/mol. The van der Waals surface area contributed by atoms with E-state index >= 15 is 0 Å². The maximum Gasteiger partial charge on any atom is 0.0724 e. The predicted molar refractivity (Wildman–Crippen MR) is 180 cm³/mol. The molecule has 0 fully saturated rings. The van der Waals surface area contributed by atoms with E-state index in [1.165, 1.54) is 66.0 Å². The van der Waals surface area contributed by atoms with Crippen LogP contribution < -0.4 is 0 Å². The van der Waals surface area contributed by atoms with Gasteiger partial charge in [0.15, 0.2) is 0 Å². The number of hydrogen-bond donors (Lipinski definition) is 0. The molecule has 0 aliphatic heterocycles. The van der Waals surface area contributed by atoms with Crippen molar-refractivity contribution in [3.8, 4) is 22.5 Å². The number of rotatable bonds is 3. The molecule has 0 saturated heterocycles. The van der Waals surface area contributed by atoms with Crippen molar-refractivity contribution in [3.05, 3.63) is 145 Å². The zero-order valence-electron chi connectivity index (χ0n) is 23.9. The maximum absolute atomic E-state index is 4.54. The average Bonchev–Trinajstić information content (AvgIpc) is 3.59. The third-order valence-electron chi connectivity index (χ3n) is 9.24. The molecule has 5 aromatic carbocycles. The van der Waals surface area contributed by atoms with Gasteiger partial charge < -0.3 is 9.13 Å². The Labute approximate surface area is 250 Å². The van der Waals surface area contributed by atoms with Crippen LogP contribution in [0, 0.1) is 0 Å². The Hall–Kier alpha value is -5.41. The summed E-state index contributed by atoms with van der Waals surface area (Å²) in [6.07, 6.45) is 9.59. The van der Waals surface area contributed by atoms with E-state index in [-0.39, 0.29) is 0 Å². The van der Waals surface area contributed by atoms with E-state index in [1.54, 1.807) is 0 Å². The smallest absolute Gasteiger partial charge is 0.0724 e. The normalized spacial score (nSPS) is 14.7. The van der Waals surface area contributed by atoms with Crippen LogP contribution in [0.25, 0.3) is 72.2 Å². The van der Waals surface area contributed by atoms with Crippen molar-refractivity contribution in [1.29, 1.82) is 0 Å². The summed E-state index contributed by atoms with van der Waals surface area (Å²) in [7, 11) is 0. The molecule has 0 N–H and O–H groups in total. The van der Waals surface area contributed by atoms with E-state index in [2.05, 4.69) is 148 Å². The molecule has 3 heterocycles. The lowest BCUT2D eigenvalue weighted by Gasteiger charge is -2.20. The van der Waals surface area contributed by atoms with E-state index in [9.17, 15) is 0 Å². The first-order chi connectivity index (χ1) is 21.3. The first kappa shape index (κ1) is 24.2. The molecule has 1 aliphatic carbocycles. The summed E-state index contributed by atoms with van der Waals surface area (Å²) in [6, 6.07) is 42.1. The van der Waals surface area contributed by atoms with Crippen LogP contribution in [0.2, 0.25) is 0 Å². The fourth-order valence-corrected chi connectivity index (χ4v) is 7.30. The Bertz CT molecular complexity index is 2390. The van der Waals surface area contributed by atoms with Crippen LogP contribution in [0.1, 0.15) is 30.4 Å². The molecule has 0 radical (unpaired) electrons. The van der Waals surface area contributed by atoms with Crippen molar-refractivity contribution in [2.24, 2.45) is 0 Å². The van der Waals surface area contributed by atoms with Crippen LogP contribution in [-0.4, -0.2) is 14.1 Å². The highest BCUT2D eigenvalue weighted by Gasteiger charge is 2.22. The van der Waals surface area contributed by atoms with Gasteiger partial charge in [-0.3, -0.25) is 4.98 Å². The standard InChI is InChI=1S/C40H29N3/c1-26-10-7-11-27-24-29(20-21-30(26)27)43-37-19-6-5-14-31(37)33-15-8-18-36(40(33)43)35-17-9-16-34-32-22-23-41-25-38(32)42(39(34)35)28-12-3-2-4-13-28/h2-9,11-26H,10H2,1H3. The lowest BCUT2D eigenvalue weighted by molar-refractivity contribution is 0.771. The summed E-state index contributed by atoms with van der Waals surface area (Å²) in [5, 5.41) is 4.96. The molecule has 3 aromatic heterocycles. The average molecular weight is 552 g/mol. The SMILES string of the molecule is CC1CC=Cc2cc(-n3c4ccccc4c4cccc(-c5cccc6c7ccncc7n(-c7ccccc7)c56)c43)ccc21. The number of benzene rings is 5. The predicted octanol–water partition coefficient (Wildman–Crippen LogP) is 10.5. The quantitative estimate of drug-likeness (QED) is 0.214. The van der Waals surface area contributed by atoms with Gasteiger partial charge in [-0.15, -0.1) is 0 Å². The van der Waals surface area contributed by atoms with Gasteiger partial charge in [0.25, 0.3) is 0 Å². The zero-order valence-corrected chi connectivity index (χ0v) is 23.9. The van der Waals surface area contributed by atoms with Crippen LogP contribution in [0.5, 0.6) is 0 Å². The number of para-hydroxylation sites is 4. The molecule has 8 aromatic rings. The highest BCUT2D eigenvalue weighted by Crippen LogP contribution is 2.43. The van der Waals surface area contributed by atoms with Gasteiger partial charge in [0.1, 0.15) is 0 Å². The summed E-state index contributed by atoms with van der Waals surface area (Å²) in [6.45, 7) is 2.32. The second kappa shape index (κ2) is 9.30. The zero-order chi connectivity index (χ0) is 28.5. The van der Waals surface area contributed by atoms with E-state index in [1.807, 2.05) is 12.4 Å². The van der Waals surface area contributed by atoms with Crippen molar-refractivity contribution in [2.75, 3.05) is 0 Å². The summed E-state index contributed by atoms with van der Waals surface area (Å²) in [5.41, 5.74) is 12.2. The highest BCUT2D eigenvalue weighted by molar-refractivity contribution is 6.18. The number of nitrogens with zero attached hydrogens (tertiary/aromatic N) is 3. The minimum absolute atomic E-state index is 0.537. The minimum atomic E-state index is 0.537. The Morgan fingerprint density at radius 2 is 1.28 bits per heavy atom. The summed E-state index contributed by atoms with van der Waals surface area (Å²) < 4.78 is 4.85. The van der Waals surface area contributed by atoms with Crippen LogP contribution in [0.3, 0.4) is 0 Å². The lowest BCUT2D eigenvalue weighted by Crippen LogP contribution is -2.03. The minimum Gasteiger partial charge on any atom is -0.309 e. The molecule has 0 bridgehead atoms. The number of allylic oxidation sites excluding steroid dienone is 1. The Morgan fingerprint density at radius 1 is 0.605 bits per heavy atom. The van der Waals surface area contributed by atoms with Crippen LogP contribution >= 0.6 is 0 Å². The summed E-state index contributed by atoms with van der Waals surface area (Å²) in [5.74, 6) is 0.537. The number of pyridine rings is 1. The molecule has 0 spiro atoms. The second-order valence-electron chi connectivity index (χ2n) is 11.7. The molecule has 3 heteroatoms. The molecular weight excluding hydrogens is 522 g/mol. The van der Waals surface area contributed by atoms with Gasteiger partial charge >= 0.3 is 0 Å². The van der Waals surface area contributed by atoms with E-state index < -0.39 is 0 Å². The topological polar surface area (TPSA) is 22.8 Å². The fourth-order valence-electron chi connectivity index (χ4n) is 7.30. The molecule has 1 aliphatic rings. The van der Waals surface area contributed by atoms with Gasteiger partial charge in [-0.1, -0.05) is 97.9 Å². The van der Waals surface area contributed by atoms with Gasteiger partial charge in [-0.25, -0.2) is 0 Å². The Morgan fingerprint density at radius 3 is 2.07 bits per heavy atom. The molecule has 0 saturated carbocycles.